The molecule has 0 aliphatic carbocycles. The van der Waals surface area contributed by atoms with E-state index < -0.39 is 35.5 Å². The lowest BCUT2D eigenvalue weighted by molar-refractivity contribution is -0.179. The van der Waals surface area contributed by atoms with Gasteiger partial charge in [0.1, 0.15) is 6.61 Å². The minimum absolute atomic E-state index is 0.0907. The predicted molar refractivity (Wildman–Crippen MR) is 139 cm³/mol. The molecule has 37 heavy (non-hydrogen) atoms. The maximum atomic E-state index is 12.8. The molecule has 1 amide bonds. The van der Waals surface area contributed by atoms with Gasteiger partial charge in [0.2, 0.25) is 0 Å². The van der Waals surface area contributed by atoms with Crippen molar-refractivity contribution in [2.45, 2.75) is 46.5 Å². The summed E-state index contributed by atoms with van der Waals surface area (Å²) >= 11 is 0. The summed E-state index contributed by atoms with van der Waals surface area (Å²) in [5, 5.41) is 2.74. The molecular weight excluding hydrogens is 474 g/mol. The molecule has 0 aliphatic rings. The summed E-state index contributed by atoms with van der Waals surface area (Å²) in [6, 6.07) is 16.0. The van der Waals surface area contributed by atoms with E-state index in [0.29, 0.717) is 12.2 Å². The first-order valence-electron chi connectivity index (χ1n) is 12.0. The van der Waals surface area contributed by atoms with Crippen molar-refractivity contribution < 1.29 is 33.3 Å². The minimum atomic E-state index is -1.25. The molecule has 0 bridgehead atoms. The SMILES string of the molecule is CCOC(=O)C(OCc1ccccc1)C(CNC(=O)c1ccc(C#CCOC)cc1)OC(=O)C(C)(C)C. The topological polar surface area (TPSA) is 100 Å². The first kappa shape index (κ1) is 29.6. The molecule has 0 aliphatic heterocycles. The second-order valence-electron chi connectivity index (χ2n) is 9.19. The normalized spacial score (nSPS) is 12.5. The molecule has 2 rings (SSSR count). The van der Waals surface area contributed by atoms with Crippen LogP contribution in [-0.2, 0) is 35.1 Å². The highest BCUT2D eigenvalue weighted by atomic mass is 16.6. The molecule has 0 spiro atoms. The van der Waals surface area contributed by atoms with E-state index in [1.54, 1.807) is 59.1 Å². The molecular formula is C29H35NO7. The fourth-order valence-electron chi connectivity index (χ4n) is 3.05. The summed E-state index contributed by atoms with van der Waals surface area (Å²) in [5.74, 6) is 4.16. The molecule has 0 fully saturated rings. The predicted octanol–water partition coefficient (Wildman–Crippen LogP) is 3.52. The Balaban J connectivity index is 2.20. The monoisotopic (exact) mass is 509 g/mol. The van der Waals surface area contributed by atoms with Crippen LogP contribution < -0.4 is 5.32 Å². The van der Waals surface area contributed by atoms with E-state index in [9.17, 15) is 14.4 Å². The van der Waals surface area contributed by atoms with Gasteiger partial charge in [-0.1, -0.05) is 42.2 Å². The molecule has 198 valence electrons. The summed E-state index contributed by atoms with van der Waals surface area (Å²) < 4.78 is 21.7. The summed E-state index contributed by atoms with van der Waals surface area (Å²) in [6.45, 7) is 7.14. The highest BCUT2D eigenvalue weighted by Crippen LogP contribution is 2.19. The zero-order valence-electron chi connectivity index (χ0n) is 22.0. The van der Waals surface area contributed by atoms with Crippen LogP contribution in [0.5, 0.6) is 0 Å². The average Bonchev–Trinajstić information content (AvgIpc) is 2.87. The largest absolute Gasteiger partial charge is 0.464 e. The molecule has 8 nitrogen and oxygen atoms in total. The molecule has 2 unspecified atom stereocenters. The standard InChI is InChI=1S/C29H35NO7/c1-6-35-27(32)25(36-20-22-11-8-7-9-12-22)24(37-28(33)29(2,3)4)19-30-26(31)23-16-14-21(15-17-23)13-10-18-34-5/h7-9,11-12,14-17,24-25H,6,18-20H2,1-5H3,(H,30,31). The van der Waals surface area contributed by atoms with Crippen LogP contribution in [0.3, 0.4) is 0 Å². The molecule has 8 heteroatoms. The van der Waals surface area contributed by atoms with Gasteiger partial charge >= 0.3 is 11.9 Å². The van der Waals surface area contributed by atoms with E-state index in [0.717, 1.165) is 11.1 Å². The lowest BCUT2D eigenvalue weighted by Gasteiger charge is -2.28. The number of carbonyl (C=O) groups is 3. The number of hydrogen-bond donors (Lipinski definition) is 1. The zero-order chi connectivity index (χ0) is 27.3. The van der Waals surface area contributed by atoms with Crippen LogP contribution in [0.25, 0.3) is 0 Å². The lowest BCUT2D eigenvalue weighted by Crippen LogP contribution is -2.48. The van der Waals surface area contributed by atoms with E-state index in [4.69, 9.17) is 18.9 Å². The molecule has 0 aromatic heterocycles. The number of esters is 2. The maximum absolute atomic E-state index is 12.8. The molecule has 0 saturated heterocycles. The van der Waals surface area contributed by atoms with Crippen molar-refractivity contribution in [2.75, 3.05) is 26.9 Å². The summed E-state index contributed by atoms with van der Waals surface area (Å²) in [4.78, 5) is 38.4. The number of amides is 1. The molecule has 2 atom stereocenters. The molecule has 0 heterocycles. The quantitative estimate of drug-likeness (QED) is 0.365. The first-order valence-corrected chi connectivity index (χ1v) is 12.0. The van der Waals surface area contributed by atoms with Crippen molar-refractivity contribution >= 4 is 17.8 Å². The Bertz CT molecular complexity index is 1080. The fraction of sp³-hybridized carbons (Fsp3) is 0.414. The number of rotatable bonds is 11. The van der Waals surface area contributed by atoms with Gasteiger partial charge in [0.15, 0.2) is 12.2 Å². The van der Waals surface area contributed by atoms with Gasteiger partial charge in [-0.3, -0.25) is 9.59 Å². The Morgan fingerprint density at radius 3 is 2.27 bits per heavy atom. The summed E-state index contributed by atoms with van der Waals surface area (Å²) in [5.41, 5.74) is 1.12. The molecule has 1 N–H and O–H groups in total. The third-order valence-corrected chi connectivity index (χ3v) is 5.06. The van der Waals surface area contributed by atoms with Crippen molar-refractivity contribution in [2.24, 2.45) is 5.41 Å². The maximum Gasteiger partial charge on any atom is 0.339 e. The summed E-state index contributed by atoms with van der Waals surface area (Å²) in [7, 11) is 1.56. The van der Waals surface area contributed by atoms with E-state index in [1.165, 1.54) is 0 Å². The Kier molecular flexibility index (Phi) is 11.8. The number of ether oxygens (including phenoxy) is 4. The molecule has 2 aromatic rings. The molecule has 0 saturated carbocycles. The number of methoxy groups -OCH3 is 1. The first-order chi connectivity index (χ1) is 17.7. The van der Waals surface area contributed by atoms with Crippen molar-refractivity contribution in [1.29, 1.82) is 0 Å². The van der Waals surface area contributed by atoms with Gasteiger partial charge in [0.05, 0.1) is 25.2 Å². The smallest absolute Gasteiger partial charge is 0.339 e. The Hall–Kier alpha value is -3.67. The average molecular weight is 510 g/mol. The van der Waals surface area contributed by atoms with Crippen molar-refractivity contribution in [3.8, 4) is 11.8 Å². The molecule has 0 radical (unpaired) electrons. The van der Waals surface area contributed by atoms with E-state index in [1.807, 2.05) is 30.3 Å². The number of nitrogens with one attached hydrogen (secondary N) is 1. The Morgan fingerprint density at radius 2 is 1.68 bits per heavy atom. The van der Waals surface area contributed by atoms with Crippen LogP contribution in [0, 0.1) is 17.3 Å². The summed E-state index contributed by atoms with van der Waals surface area (Å²) in [6.07, 6.45) is -2.36. The number of benzene rings is 2. The number of carbonyl (C=O) groups excluding carboxylic acids is 3. The fourth-order valence-corrected chi connectivity index (χ4v) is 3.05. The van der Waals surface area contributed by atoms with Gasteiger partial charge in [0.25, 0.3) is 5.91 Å². The van der Waals surface area contributed by atoms with Crippen molar-refractivity contribution in [1.82, 2.24) is 5.32 Å². The van der Waals surface area contributed by atoms with E-state index in [2.05, 4.69) is 17.2 Å². The highest BCUT2D eigenvalue weighted by Gasteiger charge is 2.37. The van der Waals surface area contributed by atoms with Gasteiger partial charge in [-0.2, -0.15) is 0 Å². The minimum Gasteiger partial charge on any atom is -0.464 e. The van der Waals surface area contributed by atoms with Crippen LogP contribution in [0.15, 0.2) is 54.6 Å². The van der Waals surface area contributed by atoms with E-state index >= 15 is 0 Å². The van der Waals surface area contributed by atoms with Gasteiger partial charge in [-0.05, 0) is 57.5 Å². The third-order valence-electron chi connectivity index (χ3n) is 5.06. The van der Waals surface area contributed by atoms with Gasteiger partial charge in [-0.15, -0.1) is 0 Å². The van der Waals surface area contributed by atoms with Gasteiger partial charge in [0, 0.05) is 18.2 Å². The van der Waals surface area contributed by atoms with Crippen LogP contribution in [0.2, 0.25) is 0 Å². The van der Waals surface area contributed by atoms with Crippen LogP contribution in [0.4, 0.5) is 0 Å². The highest BCUT2D eigenvalue weighted by molar-refractivity contribution is 5.94. The molecule has 2 aromatic carbocycles. The van der Waals surface area contributed by atoms with Crippen LogP contribution >= 0.6 is 0 Å². The van der Waals surface area contributed by atoms with Gasteiger partial charge < -0.3 is 24.3 Å². The van der Waals surface area contributed by atoms with E-state index in [-0.39, 0.29) is 19.8 Å². The lowest BCUT2D eigenvalue weighted by atomic mass is 9.97. The van der Waals surface area contributed by atoms with Crippen molar-refractivity contribution in [3.05, 3.63) is 71.3 Å². The third kappa shape index (κ3) is 10.1. The second kappa shape index (κ2) is 14.8. The van der Waals surface area contributed by atoms with Crippen molar-refractivity contribution in [3.63, 3.8) is 0 Å². The van der Waals surface area contributed by atoms with Crippen LogP contribution in [0.1, 0.15) is 49.2 Å². The number of hydrogen-bond acceptors (Lipinski definition) is 7. The Morgan fingerprint density at radius 1 is 1.00 bits per heavy atom. The van der Waals surface area contributed by atoms with Gasteiger partial charge in [-0.25, -0.2) is 4.79 Å². The zero-order valence-corrected chi connectivity index (χ0v) is 22.0. The Labute approximate surface area is 218 Å². The second-order valence-corrected chi connectivity index (χ2v) is 9.19. The van der Waals surface area contributed by atoms with Crippen LogP contribution in [-0.4, -0.2) is 56.9 Å².